The highest BCUT2D eigenvalue weighted by Crippen LogP contribution is 2.17. The number of nitrogens with one attached hydrogen (secondary N) is 1. The molecular weight excluding hydrogens is 366 g/mol. The van der Waals surface area contributed by atoms with Crippen molar-refractivity contribution in [2.45, 2.75) is 32.9 Å². The summed E-state index contributed by atoms with van der Waals surface area (Å²) in [6, 6.07) is 18.8. The van der Waals surface area contributed by atoms with Crippen molar-refractivity contribution in [2.24, 2.45) is 0 Å². The fourth-order valence-electron chi connectivity index (χ4n) is 3.01. The number of carbonyl (C=O) groups is 1. The van der Waals surface area contributed by atoms with E-state index in [1.807, 2.05) is 36.4 Å². The van der Waals surface area contributed by atoms with Crippen LogP contribution in [0.15, 0.2) is 65.5 Å². The molecule has 0 fully saturated rings. The summed E-state index contributed by atoms with van der Waals surface area (Å²) in [4.78, 5) is 24.4. The maximum Gasteiger partial charge on any atom is 0.266 e. The SMILES string of the molecule is CCc1ccc(-c2ccc(=O)n(CCC(=O)NCc3ccccc3OC)n2)cc1. The average molecular weight is 391 g/mol. The van der Waals surface area contributed by atoms with Gasteiger partial charge in [-0.25, -0.2) is 4.68 Å². The quantitative estimate of drug-likeness (QED) is 0.640. The molecular formula is C23H25N3O3. The van der Waals surface area contributed by atoms with Crippen molar-refractivity contribution < 1.29 is 9.53 Å². The van der Waals surface area contributed by atoms with E-state index in [4.69, 9.17) is 4.74 Å². The van der Waals surface area contributed by atoms with Gasteiger partial charge in [0, 0.05) is 30.2 Å². The maximum atomic E-state index is 12.2. The zero-order valence-corrected chi connectivity index (χ0v) is 16.7. The van der Waals surface area contributed by atoms with Gasteiger partial charge in [0.05, 0.1) is 19.3 Å². The number of hydrogen-bond acceptors (Lipinski definition) is 4. The number of rotatable bonds is 8. The van der Waals surface area contributed by atoms with Crippen LogP contribution < -0.4 is 15.6 Å². The molecule has 0 atom stereocenters. The molecule has 3 aromatic rings. The minimum atomic E-state index is -0.226. The van der Waals surface area contributed by atoms with Crippen molar-refractivity contribution in [3.05, 3.63) is 82.1 Å². The topological polar surface area (TPSA) is 73.2 Å². The van der Waals surface area contributed by atoms with Gasteiger partial charge in [0.1, 0.15) is 5.75 Å². The van der Waals surface area contributed by atoms with Crippen LogP contribution in [0.5, 0.6) is 5.75 Å². The summed E-state index contributed by atoms with van der Waals surface area (Å²) in [5.74, 6) is 0.579. The first kappa shape index (κ1) is 20.3. The molecule has 150 valence electrons. The zero-order chi connectivity index (χ0) is 20.6. The summed E-state index contributed by atoms with van der Waals surface area (Å²) in [5.41, 5.74) is 3.57. The van der Waals surface area contributed by atoms with Gasteiger partial charge in [0.15, 0.2) is 0 Å². The minimum absolute atomic E-state index is 0.151. The molecule has 0 unspecified atom stereocenters. The fraction of sp³-hybridized carbons (Fsp3) is 0.261. The third-order valence-electron chi connectivity index (χ3n) is 4.74. The van der Waals surface area contributed by atoms with Crippen LogP contribution in [0.4, 0.5) is 0 Å². The molecule has 0 aliphatic carbocycles. The number of carbonyl (C=O) groups excluding carboxylic acids is 1. The first-order valence-electron chi connectivity index (χ1n) is 9.66. The van der Waals surface area contributed by atoms with Crippen LogP contribution in [0, 0.1) is 0 Å². The van der Waals surface area contributed by atoms with Gasteiger partial charge in [-0.05, 0) is 24.1 Å². The highest BCUT2D eigenvalue weighted by Gasteiger charge is 2.08. The van der Waals surface area contributed by atoms with Crippen LogP contribution in [0.2, 0.25) is 0 Å². The standard InChI is InChI=1S/C23H25N3O3/c1-3-17-8-10-18(11-9-17)20-12-13-23(28)26(25-20)15-14-22(27)24-16-19-6-4-5-7-21(19)29-2/h4-13H,3,14-16H2,1-2H3,(H,24,27). The first-order valence-corrected chi connectivity index (χ1v) is 9.66. The molecule has 0 aliphatic heterocycles. The Bertz CT molecular complexity index is 1030. The second-order valence-corrected chi connectivity index (χ2v) is 6.67. The molecule has 0 saturated heterocycles. The smallest absolute Gasteiger partial charge is 0.266 e. The number of hydrogen-bond donors (Lipinski definition) is 1. The van der Waals surface area contributed by atoms with Crippen molar-refractivity contribution >= 4 is 5.91 Å². The normalized spacial score (nSPS) is 10.6. The van der Waals surface area contributed by atoms with E-state index in [0.29, 0.717) is 12.2 Å². The minimum Gasteiger partial charge on any atom is -0.496 e. The van der Waals surface area contributed by atoms with E-state index in [9.17, 15) is 9.59 Å². The van der Waals surface area contributed by atoms with Crippen molar-refractivity contribution in [3.63, 3.8) is 0 Å². The monoisotopic (exact) mass is 391 g/mol. The summed E-state index contributed by atoms with van der Waals surface area (Å²) < 4.78 is 6.62. The Hall–Kier alpha value is -3.41. The number of methoxy groups -OCH3 is 1. The number of aromatic nitrogens is 2. The van der Waals surface area contributed by atoms with Gasteiger partial charge in [0.2, 0.25) is 5.91 Å². The molecule has 29 heavy (non-hydrogen) atoms. The summed E-state index contributed by atoms with van der Waals surface area (Å²) in [7, 11) is 1.60. The van der Waals surface area contributed by atoms with Crippen LogP contribution >= 0.6 is 0 Å². The number of amides is 1. The van der Waals surface area contributed by atoms with E-state index in [-0.39, 0.29) is 24.4 Å². The Labute approximate surface area is 170 Å². The van der Waals surface area contributed by atoms with E-state index in [1.54, 1.807) is 13.2 Å². The molecule has 0 spiro atoms. The summed E-state index contributed by atoms with van der Waals surface area (Å²) in [6.07, 6.45) is 1.14. The molecule has 2 aromatic carbocycles. The third-order valence-corrected chi connectivity index (χ3v) is 4.74. The van der Waals surface area contributed by atoms with Crippen LogP contribution in [0.3, 0.4) is 0 Å². The van der Waals surface area contributed by atoms with Crippen LogP contribution in [-0.4, -0.2) is 22.8 Å². The summed E-state index contributed by atoms with van der Waals surface area (Å²) in [6.45, 7) is 2.69. The van der Waals surface area contributed by atoms with Gasteiger partial charge in [-0.3, -0.25) is 9.59 Å². The summed E-state index contributed by atoms with van der Waals surface area (Å²) >= 11 is 0. The predicted molar refractivity (Wildman–Crippen MR) is 113 cm³/mol. The van der Waals surface area contributed by atoms with Crippen molar-refractivity contribution in [1.82, 2.24) is 15.1 Å². The van der Waals surface area contributed by atoms with Crippen LogP contribution in [0.1, 0.15) is 24.5 Å². The van der Waals surface area contributed by atoms with Crippen LogP contribution in [-0.2, 0) is 24.3 Å². The molecule has 1 heterocycles. The fourth-order valence-corrected chi connectivity index (χ4v) is 3.01. The molecule has 0 bridgehead atoms. The molecule has 0 saturated carbocycles. The van der Waals surface area contributed by atoms with Gasteiger partial charge >= 0.3 is 0 Å². The van der Waals surface area contributed by atoms with Crippen molar-refractivity contribution in [2.75, 3.05) is 7.11 Å². The van der Waals surface area contributed by atoms with E-state index in [2.05, 4.69) is 29.5 Å². The highest BCUT2D eigenvalue weighted by atomic mass is 16.5. The van der Waals surface area contributed by atoms with E-state index in [0.717, 1.165) is 23.3 Å². The Morgan fingerprint density at radius 3 is 2.55 bits per heavy atom. The van der Waals surface area contributed by atoms with E-state index < -0.39 is 0 Å². The molecule has 0 radical (unpaired) electrons. The Morgan fingerprint density at radius 1 is 1.07 bits per heavy atom. The number of para-hydroxylation sites is 1. The average Bonchev–Trinajstić information content (AvgIpc) is 2.77. The third kappa shape index (κ3) is 5.31. The molecule has 0 aliphatic rings. The summed E-state index contributed by atoms with van der Waals surface area (Å²) in [5, 5.41) is 7.28. The van der Waals surface area contributed by atoms with Crippen molar-refractivity contribution in [1.29, 1.82) is 0 Å². The zero-order valence-electron chi connectivity index (χ0n) is 16.7. The lowest BCUT2D eigenvalue weighted by Gasteiger charge is -2.10. The lowest BCUT2D eigenvalue weighted by molar-refractivity contribution is -0.121. The molecule has 3 rings (SSSR count). The predicted octanol–water partition coefficient (Wildman–Crippen LogP) is 3.19. The molecule has 6 heteroatoms. The number of nitrogens with zero attached hydrogens (tertiary/aromatic N) is 2. The Kier molecular flexibility index (Phi) is 6.79. The highest BCUT2D eigenvalue weighted by molar-refractivity contribution is 5.75. The Morgan fingerprint density at radius 2 is 1.83 bits per heavy atom. The van der Waals surface area contributed by atoms with E-state index >= 15 is 0 Å². The Balaban J connectivity index is 1.62. The molecule has 1 amide bonds. The number of aryl methyl sites for hydroxylation is 2. The second-order valence-electron chi connectivity index (χ2n) is 6.67. The first-order chi connectivity index (χ1) is 14.1. The largest absolute Gasteiger partial charge is 0.496 e. The molecule has 1 aromatic heterocycles. The van der Waals surface area contributed by atoms with Gasteiger partial charge in [-0.1, -0.05) is 49.4 Å². The second kappa shape index (κ2) is 9.68. The van der Waals surface area contributed by atoms with Gasteiger partial charge in [-0.2, -0.15) is 5.10 Å². The van der Waals surface area contributed by atoms with Gasteiger partial charge in [0.25, 0.3) is 5.56 Å². The van der Waals surface area contributed by atoms with Crippen LogP contribution in [0.25, 0.3) is 11.3 Å². The number of benzene rings is 2. The number of ether oxygens (including phenoxy) is 1. The van der Waals surface area contributed by atoms with Gasteiger partial charge in [-0.15, -0.1) is 0 Å². The maximum absolute atomic E-state index is 12.2. The van der Waals surface area contributed by atoms with E-state index in [1.165, 1.54) is 16.3 Å². The van der Waals surface area contributed by atoms with Gasteiger partial charge < -0.3 is 10.1 Å². The van der Waals surface area contributed by atoms with Crippen molar-refractivity contribution in [3.8, 4) is 17.0 Å². The lowest BCUT2D eigenvalue weighted by Crippen LogP contribution is -2.28. The lowest BCUT2D eigenvalue weighted by atomic mass is 10.1. The molecule has 1 N–H and O–H groups in total. The molecule has 6 nitrogen and oxygen atoms in total.